The van der Waals surface area contributed by atoms with E-state index in [4.69, 9.17) is 14.5 Å². The van der Waals surface area contributed by atoms with E-state index in [1.165, 1.54) is 23.6 Å². The molecular formula is C42H48F3N5O5. The van der Waals surface area contributed by atoms with Crippen LogP contribution >= 0.6 is 0 Å². The number of carbonyl (C=O) groups is 3. The molecule has 2 aliphatic heterocycles. The predicted molar refractivity (Wildman–Crippen MR) is 200 cm³/mol. The van der Waals surface area contributed by atoms with Gasteiger partial charge in [-0.05, 0) is 57.0 Å². The molecule has 3 heterocycles. The number of imidazole rings is 1. The van der Waals surface area contributed by atoms with E-state index < -0.39 is 59.8 Å². The molecule has 10 nitrogen and oxygen atoms in total. The molecular weight excluding hydrogens is 711 g/mol. The number of aromatic nitrogens is 2. The van der Waals surface area contributed by atoms with E-state index in [2.05, 4.69) is 0 Å². The number of benzene rings is 3. The minimum atomic E-state index is -1.27. The average Bonchev–Trinajstić information content (AvgIpc) is 3.71. The van der Waals surface area contributed by atoms with Crippen molar-refractivity contribution in [1.29, 1.82) is 0 Å². The van der Waals surface area contributed by atoms with Gasteiger partial charge >= 0.3 is 12.1 Å². The number of hydrogen-bond donors (Lipinski definition) is 0. The zero-order valence-corrected chi connectivity index (χ0v) is 31.8. The van der Waals surface area contributed by atoms with Gasteiger partial charge < -0.3 is 23.8 Å². The second-order valence-electron chi connectivity index (χ2n) is 15.5. The molecule has 0 N–H and O–H groups in total. The summed E-state index contributed by atoms with van der Waals surface area (Å²) in [6, 6.07) is 20.9. The quantitative estimate of drug-likeness (QED) is 0.143. The lowest BCUT2D eigenvalue weighted by molar-refractivity contribution is -0.161. The lowest BCUT2D eigenvalue weighted by Gasteiger charge is -2.47. The first-order valence-electron chi connectivity index (χ1n) is 18.6. The SMILES string of the molecule is CC(=O)O[C@@H](C)C(=O)N(C[C@H]1CN(C(C)(C)C)C[C@@H]1F)[C@@H](c1nc(-c2cc(F)ccc2F)cn1Cc1ccccc1)C1CN(C(=O)OCc2ccccc2)C1. The van der Waals surface area contributed by atoms with Crippen molar-refractivity contribution < 1.29 is 37.0 Å². The summed E-state index contributed by atoms with van der Waals surface area (Å²) in [7, 11) is 0. The molecule has 4 atom stereocenters. The minimum Gasteiger partial charge on any atom is -0.453 e. The van der Waals surface area contributed by atoms with Crippen LogP contribution in [-0.4, -0.2) is 92.8 Å². The number of hydrogen-bond acceptors (Lipinski definition) is 7. The van der Waals surface area contributed by atoms with Crippen molar-refractivity contribution in [3.63, 3.8) is 0 Å². The summed E-state index contributed by atoms with van der Waals surface area (Å²) >= 11 is 0. The van der Waals surface area contributed by atoms with Gasteiger partial charge in [0.15, 0.2) is 6.10 Å². The van der Waals surface area contributed by atoms with Crippen LogP contribution in [0.4, 0.5) is 18.0 Å². The van der Waals surface area contributed by atoms with Crippen LogP contribution in [0.2, 0.25) is 0 Å². The van der Waals surface area contributed by atoms with Crippen molar-refractivity contribution in [3.8, 4) is 11.3 Å². The Morgan fingerprint density at radius 2 is 1.58 bits per heavy atom. The number of ether oxygens (including phenoxy) is 2. The highest BCUT2D eigenvalue weighted by Crippen LogP contribution is 2.39. The van der Waals surface area contributed by atoms with Crippen LogP contribution < -0.4 is 0 Å². The van der Waals surface area contributed by atoms with E-state index in [0.717, 1.165) is 29.3 Å². The number of carbonyl (C=O) groups excluding carboxylic acids is 3. The monoisotopic (exact) mass is 759 g/mol. The second kappa shape index (κ2) is 16.7. The summed E-state index contributed by atoms with van der Waals surface area (Å²) < 4.78 is 58.7. The van der Waals surface area contributed by atoms with Crippen LogP contribution in [0.1, 0.15) is 57.6 Å². The Balaban J connectivity index is 1.43. The Hall–Kier alpha value is -5.17. The van der Waals surface area contributed by atoms with Crippen molar-refractivity contribution in [3.05, 3.63) is 114 Å². The maximum Gasteiger partial charge on any atom is 0.410 e. The van der Waals surface area contributed by atoms with E-state index in [1.807, 2.05) is 86.3 Å². The number of amides is 2. The third-order valence-corrected chi connectivity index (χ3v) is 10.3. The molecule has 2 saturated heterocycles. The van der Waals surface area contributed by atoms with Gasteiger partial charge in [-0.2, -0.15) is 0 Å². The third-order valence-electron chi connectivity index (χ3n) is 10.3. The highest BCUT2D eigenvalue weighted by molar-refractivity contribution is 5.83. The number of esters is 1. The normalized spacial score (nSPS) is 18.7. The largest absolute Gasteiger partial charge is 0.453 e. The standard InChI is InChI=1S/C42H48F3N5O5/c1-27(55-28(2)51)40(52)50(23-31-22-49(24-36(31)45)42(3,4)5)38(32-20-48(21-32)41(53)54-26-30-14-10-7-11-15-30)39-46-37(34-18-33(43)16-17-35(34)44)25-47(39)19-29-12-8-6-9-13-29/h6-18,25,27,31-32,36,38H,19-24,26H2,1-5H3/t27-,31+,36-,38+/m0/s1. The van der Waals surface area contributed by atoms with Gasteiger partial charge in [0.05, 0.1) is 11.7 Å². The van der Waals surface area contributed by atoms with Crippen LogP contribution in [0.5, 0.6) is 0 Å². The summed E-state index contributed by atoms with van der Waals surface area (Å²) in [5.41, 5.74) is 1.43. The molecule has 4 aromatic rings. The molecule has 0 radical (unpaired) electrons. The van der Waals surface area contributed by atoms with Crippen molar-refractivity contribution in [2.45, 2.75) is 71.6 Å². The number of rotatable bonds is 12. The van der Waals surface area contributed by atoms with Crippen molar-refractivity contribution in [2.24, 2.45) is 11.8 Å². The molecule has 55 heavy (non-hydrogen) atoms. The Kier molecular flexibility index (Phi) is 12.0. The molecule has 0 unspecified atom stereocenters. The molecule has 0 spiro atoms. The number of likely N-dealkylation sites (tertiary alicyclic amines) is 2. The molecule has 6 rings (SSSR count). The topological polar surface area (TPSA) is 97.2 Å². The van der Waals surface area contributed by atoms with Gasteiger partial charge in [-0.3, -0.25) is 14.5 Å². The van der Waals surface area contributed by atoms with Crippen LogP contribution in [0.3, 0.4) is 0 Å². The lowest BCUT2D eigenvalue weighted by Crippen LogP contribution is -2.58. The average molecular weight is 760 g/mol. The Morgan fingerprint density at radius 1 is 0.927 bits per heavy atom. The van der Waals surface area contributed by atoms with Gasteiger partial charge in [0.1, 0.15) is 30.2 Å². The lowest BCUT2D eigenvalue weighted by atomic mass is 9.88. The van der Waals surface area contributed by atoms with Crippen molar-refractivity contribution in [1.82, 2.24) is 24.3 Å². The van der Waals surface area contributed by atoms with Crippen LogP contribution in [0.15, 0.2) is 85.1 Å². The molecule has 0 bridgehead atoms. The van der Waals surface area contributed by atoms with Gasteiger partial charge in [0.2, 0.25) is 0 Å². The first-order chi connectivity index (χ1) is 26.2. The number of halogens is 3. The van der Waals surface area contributed by atoms with Crippen molar-refractivity contribution in [2.75, 3.05) is 32.7 Å². The summed E-state index contributed by atoms with van der Waals surface area (Å²) in [5.74, 6) is -3.30. The molecule has 292 valence electrons. The van der Waals surface area contributed by atoms with Crippen LogP contribution in [-0.2, 0) is 32.2 Å². The Morgan fingerprint density at radius 3 is 2.20 bits per heavy atom. The summed E-state index contributed by atoms with van der Waals surface area (Å²) in [4.78, 5) is 50.0. The maximum absolute atomic E-state index is 16.0. The number of alkyl halides is 1. The van der Waals surface area contributed by atoms with Gasteiger partial charge in [-0.15, -0.1) is 0 Å². The highest BCUT2D eigenvalue weighted by atomic mass is 19.1. The molecule has 0 saturated carbocycles. The fourth-order valence-corrected chi connectivity index (χ4v) is 7.35. The zero-order valence-electron chi connectivity index (χ0n) is 31.8. The number of nitrogens with zero attached hydrogens (tertiary/aromatic N) is 5. The maximum atomic E-state index is 16.0. The van der Waals surface area contributed by atoms with E-state index in [0.29, 0.717) is 12.4 Å². The van der Waals surface area contributed by atoms with Crippen LogP contribution in [0.25, 0.3) is 11.3 Å². The summed E-state index contributed by atoms with van der Waals surface area (Å²) in [6.45, 7) is 9.81. The summed E-state index contributed by atoms with van der Waals surface area (Å²) in [6.07, 6.45) is -1.43. The second-order valence-corrected chi connectivity index (χ2v) is 15.5. The fraction of sp³-hybridized carbons (Fsp3) is 0.429. The van der Waals surface area contributed by atoms with Gasteiger partial charge in [-0.1, -0.05) is 60.7 Å². The van der Waals surface area contributed by atoms with Gasteiger partial charge in [0, 0.05) is 75.3 Å². The van der Waals surface area contributed by atoms with E-state index in [9.17, 15) is 18.8 Å². The zero-order chi connectivity index (χ0) is 39.4. The fourth-order valence-electron chi connectivity index (χ4n) is 7.35. The summed E-state index contributed by atoms with van der Waals surface area (Å²) in [5, 5.41) is 0. The predicted octanol–water partition coefficient (Wildman–Crippen LogP) is 7.03. The first kappa shape index (κ1) is 39.5. The Labute approximate surface area is 319 Å². The highest BCUT2D eigenvalue weighted by Gasteiger charge is 2.48. The molecule has 2 amide bonds. The van der Waals surface area contributed by atoms with Crippen LogP contribution in [0, 0.1) is 23.5 Å². The van der Waals surface area contributed by atoms with Gasteiger partial charge in [-0.25, -0.2) is 22.9 Å². The smallest absolute Gasteiger partial charge is 0.410 e. The molecule has 0 aliphatic carbocycles. The molecule has 2 aliphatic rings. The molecule has 13 heteroatoms. The van der Waals surface area contributed by atoms with E-state index >= 15 is 8.78 Å². The van der Waals surface area contributed by atoms with E-state index in [-0.39, 0.29) is 56.1 Å². The third kappa shape index (κ3) is 9.38. The first-order valence-corrected chi connectivity index (χ1v) is 18.6. The minimum absolute atomic E-state index is 0.0559. The van der Waals surface area contributed by atoms with Crippen molar-refractivity contribution >= 4 is 18.0 Å². The molecule has 1 aromatic heterocycles. The molecule has 2 fully saturated rings. The molecule has 3 aromatic carbocycles. The van der Waals surface area contributed by atoms with Gasteiger partial charge in [0.25, 0.3) is 5.91 Å². The Bertz CT molecular complexity index is 1960. The van der Waals surface area contributed by atoms with E-state index in [1.54, 1.807) is 10.8 Å².